The Bertz CT molecular complexity index is 430. The van der Waals surface area contributed by atoms with Crippen LogP contribution in [0.2, 0.25) is 0 Å². The third-order valence-corrected chi connectivity index (χ3v) is 3.21. The second-order valence-electron chi connectivity index (χ2n) is 3.28. The molecule has 0 fully saturated rings. The molecule has 0 saturated carbocycles. The summed E-state index contributed by atoms with van der Waals surface area (Å²) in [6.07, 6.45) is 0. The van der Waals surface area contributed by atoms with Gasteiger partial charge in [-0.2, -0.15) is 0 Å². The van der Waals surface area contributed by atoms with E-state index in [4.69, 9.17) is 21.7 Å². The zero-order valence-electron chi connectivity index (χ0n) is 9.98. The van der Waals surface area contributed by atoms with Crippen molar-refractivity contribution in [2.24, 2.45) is 0 Å². The summed E-state index contributed by atoms with van der Waals surface area (Å²) in [5, 5.41) is 0. The van der Waals surface area contributed by atoms with Gasteiger partial charge in [0.25, 0.3) is 0 Å². The number of aryl methyl sites for hydroxylation is 1. The molecule has 0 radical (unpaired) electrons. The van der Waals surface area contributed by atoms with Crippen LogP contribution in [0.4, 0.5) is 0 Å². The van der Waals surface area contributed by atoms with E-state index >= 15 is 0 Å². The van der Waals surface area contributed by atoms with Gasteiger partial charge in [0.15, 0.2) is 0 Å². The van der Waals surface area contributed by atoms with E-state index in [9.17, 15) is 4.79 Å². The van der Waals surface area contributed by atoms with Gasteiger partial charge in [-0.25, -0.2) is 4.79 Å². The Hall–Kier alpha value is -1.07. The summed E-state index contributed by atoms with van der Waals surface area (Å²) in [6.45, 7) is 4.34. The van der Waals surface area contributed by atoms with Crippen LogP contribution in [0, 0.1) is 6.92 Å². The molecule has 0 atom stereocenters. The number of benzene rings is 1. The molecule has 1 rings (SSSR count). The predicted molar refractivity (Wildman–Crippen MR) is 72.6 cm³/mol. The zero-order chi connectivity index (χ0) is 12.8. The van der Waals surface area contributed by atoms with Crippen LogP contribution in [0.5, 0.6) is 0 Å². The molecule has 0 aliphatic carbocycles. The molecule has 0 bridgehead atoms. The van der Waals surface area contributed by atoms with E-state index < -0.39 is 0 Å². The van der Waals surface area contributed by atoms with E-state index in [1.165, 1.54) is 18.9 Å². The van der Waals surface area contributed by atoms with Gasteiger partial charge in [0.1, 0.15) is 0 Å². The molecule has 0 N–H and O–H groups in total. The van der Waals surface area contributed by atoms with Crippen LogP contribution in [-0.4, -0.2) is 24.1 Å². The van der Waals surface area contributed by atoms with Gasteiger partial charge in [0.2, 0.25) is 4.38 Å². The van der Waals surface area contributed by atoms with Crippen molar-refractivity contribution < 1.29 is 14.3 Å². The van der Waals surface area contributed by atoms with Gasteiger partial charge in [-0.1, -0.05) is 6.07 Å². The van der Waals surface area contributed by atoms with Gasteiger partial charge < -0.3 is 9.47 Å². The number of rotatable bonds is 3. The van der Waals surface area contributed by atoms with Crippen molar-refractivity contribution in [1.29, 1.82) is 0 Å². The fourth-order valence-electron chi connectivity index (χ4n) is 1.23. The molecule has 1 aromatic carbocycles. The van der Waals surface area contributed by atoms with Crippen LogP contribution in [0.1, 0.15) is 22.8 Å². The average Bonchev–Trinajstić information content (AvgIpc) is 2.28. The van der Waals surface area contributed by atoms with Crippen molar-refractivity contribution in [2.45, 2.75) is 18.7 Å². The fourth-order valence-corrected chi connectivity index (χ4v) is 2.48. The van der Waals surface area contributed by atoms with Gasteiger partial charge in [0, 0.05) is 4.90 Å². The lowest BCUT2D eigenvalue weighted by molar-refractivity contribution is 0.0597. The molecule has 0 saturated heterocycles. The highest BCUT2D eigenvalue weighted by Crippen LogP contribution is 2.26. The van der Waals surface area contributed by atoms with Crippen molar-refractivity contribution in [1.82, 2.24) is 0 Å². The molecule has 17 heavy (non-hydrogen) atoms. The fraction of sp³-hybridized carbons (Fsp3) is 0.333. The summed E-state index contributed by atoms with van der Waals surface area (Å²) in [5.74, 6) is -0.369. The summed E-state index contributed by atoms with van der Waals surface area (Å²) >= 11 is 6.31. The lowest BCUT2D eigenvalue weighted by atomic mass is 10.1. The molecular weight excluding hydrogens is 256 g/mol. The molecule has 0 aromatic heterocycles. The molecule has 0 spiro atoms. The Labute approximate surface area is 110 Å². The van der Waals surface area contributed by atoms with E-state index in [1.807, 2.05) is 26.0 Å². The largest absolute Gasteiger partial charge is 0.479 e. The van der Waals surface area contributed by atoms with Crippen LogP contribution in [-0.2, 0) is 9.47 Å². The Morgan fingerprint density at radius 1 is 1.47 bits per heavy atom. The molecule has 3 nitrogen and oxygen atoms in total. The van der Waals surface area contributed by atoms with Crippen molar-refractivity contribution >= 4 is 34.3 Å². The molecule has 0 aliphatic rings. The Morgan fingerprint density at radius 3 is 2.76 bits per heavy atom. The van der Waals surface area contributed by atoms with Gasteiger partial charge in [0.05, 0.1) is 19.3 Å². The first-order valence-corrected chi connectivity index (χ1v) is 6.34. The summed E-state index contributed by atoms with van der Waals surface area (Å²) in [5.41, 5.74) is 1.56. The number of ether oxygens (including phenoxy) is 2. The third kappa shape index (κ3) is 4.02. The highest BCUT2D eigenvalue weighted by atomic mass is 32.2. The maximum absolute atomic E-state index is 11.6. The summed E-state index contributed by atoms with van der Waals surface area (Å²) in [7, 11) is 1.36. The average molecular weight is 270 g/mol. The first-order chi connectivity index (χ1) is 8.08. The molecule has 5 heteroatoms. The highest BCUT2D eigenvalue weighted by molar-refractivity contribution is 8.22. The monoisotopic (exact) mass is 270 g/mol. The van der Waals surface area contributed by atoms with Gasteiger partial charge in [-0.3, -0.25) is 0 Å². The number of thioether (sulfide) groups is 1. The van der Waals surface area contributed by atoms with E-state index in [0.717, 1.165) is 10.5 Å². The van der Waals surface area contributed by atoms with E-state index in [1.54, 1.807) is 6.07 Å². The number of carbonyl (C=O) groups is 1. The molecular formula is C12H14O3S2. The van der Waals surface area contributed by atoms with Gasteiger partial charge >= 0.3 is 5.97 Å². The van der Waals surface area contributed by atoms with Crippen LogP contribution >= 0.6 is 24.0 Å². The number of thiocarbonyl (C=S) groups is 1. The van der Waals surface area contributed by atoms with Gasteiger partial charge in [-0.15, -0.1) is 0 Å². The van der Waals surface area contributed by atoms with Crippen molar-refractivity contribution in [3.63, 3.8) is 0 Å². The molecule has 0 heterocycles. The maximum Gasteiger partial charge on any atom is 0.339 e. The first kappa shape index (κ1) is 14.0. The van der Waals surface area contributed by atoms with Crippen molar-refractivity contribution in [3.05, 3.63) is 29.3 Å². The summed E-state index contributed by atoms with van der Waals surface area (Å²) < 4.78 is 10.3. The maximum atomic E-state index is 11.6. The number of carbonyl (C=O) groups excluding carboxylic acids is 1. The summed E-state index contributed by atoms with van der Waals surface area (Å²) in [6, 6.07) is 5.49. The minimum Gasteiger partial charge on any atom is -0.479 e. The third-order valence-electron chi connectivity index (χ3n) is 2.00. The second kappa shape index (κ2) is 6.61. The number of esters is 1. The normalized spacial score (nSPS) is 9.82. The number of methoxy groups -OCH3 is 1. The Kier molecular flexibility index (Phi) is 5.44. The van der Waals surface area contributed by atoms with E-state index in [-0.39, 0.29) is 5.97 Å². The van der Waals surface area contributed by atoms with Crippen LogP contribution < -0.4 is 0 Å². The van der Waals surface area contributed by atoms with Crippen LogP contribution in [0.3, 0.4) is 0 Å². The van der Waals surface area contributed by atoms with Gasteiger partial charge in [-0.05, 0) is 55.5 Å². The van der Waals surface area contributed by atoms with Crippen LogP contribution in [0.15, 0.2) is 23.1 Å². The quantitative estimate of drug-likeness (QED) is 0.479. The minimum absolute atomic E-state index is 0.369. The Balaban J connectivity index is 2.99. The molecule has 0 unspecified atom stereocenters. The molecule has 92 valence electrons. The molecule has 0 amide bonds. The van der Waals surface area contributed by atoms with E-state index in [2.05, 4.69) is 0 Å². The molecule has 1 aromatic rings. The SMILES string of the molecule is CCOC(=S)Sc1cc(C)ccc1C(=O)OC. The Morgan fingerprint density at radius 2 is 2.18 bits per heavy atom. The predicted octanol–water partition coefficient (Wildman–Crippen LogP) is 3.20. The number of hydrogen-bond acceptors (Lipinski definition) is 5. The first-order valence-electron chi connectivity index (χ1n) is 5.12. The zero-order valence-corrected chi connectivity index (χ0v) is 11.6. The van der Waals surface area contributed by atoms with Crippen molar-refractivity contribution in [3.8, 4) is 0 Å². The van der Waals surface area contributed by atoms with E-state index in [0.29, 0.717) is 16.6 Å². The second-order valence-corrected chi connectivity index (χ2v) is 4.92. The lowest BCUT2D eigenvalue weighted by Gasteiger charge is -2.09. The smallest absolute Gasteiger partial charge is 0.339 e. The van der Waals surface area contributed by atoms with Crippen LogP contribution in [0.25, 0.3) is 0 Å². The lowest BCUT2D eigenvalue weighted by Crippen LogP contribution is -2.05. The summed E-state index contributed by atoms with van der Waals surface area (Å²) in [4.78, 5) is 12.3. The standard InChI is InChI=1S/C12H14O3S2/c1-4-15-12(16)17-10-7-8(2)5-6-9(10)11(13)14-3/h5-7H,4H2,1-3H3. The topological polar surface area (TPSA) is 35.5 Å². The molecule has 0 aliphatic heterocycles. The minimum atomic E-state index is -0.369. The highest BCUT2D eigenvalue weighted by Gasteiger charge is 2.14. The van der Waals surface area contributed by atoms with Crippen molar-refractivity contribution in [2.75, 3.05) is 13.7 Å². The number of hydrogen-bond donors (Lipinski definition) is 0.